The Bertz CT molecular complexity index is 568. The Labute approximate surface area is 125 Å². The lowest BCUT2D eigenvalue weighted by molar-refractivity contribution is 0.0693. The van der Waals surface area contributed by atoms with Gasteiger partial charge in [0.2, 0.25) is 0 Å². The second kappa shape index (κ2) is 7.24. The molecule has 0 bridgehead atoms. The van der Waals surface area contributed by atoms with Crippen LogP contribution in [0.3, 0.4) is 0 Å². The topological polar surface area (TPSA) is 46.3 Å². The zero-order valence-electron chi connectivity index (χ0n) is 12.4. The summed E-state index contributed by atoms with van der Waals surface area (Å²) in [6.45, 7) is 2.80. The van der Waals surface area contributed by atoms with Crippen molar-refractivity contribution in [2.75, 3.05) is 13.1 Å². The van der Waals surface area contributed by atoms with Crippen molar-refractivity contribution in [2.45, 2.75) is 38.6 Å². The van der Waals surface area contributed by atoms with Gasteiger partial charge in [0, 0.05) is 18.2 Å². The minimum Gasteiger partial charge on any atom is -0.336 e. The van der Waals surface area contributed by atoms with E-state index in [1.165, 1.54) is 12.1 Å². The molecule has 0 unspecified atom stereocenters. The van der Waals surface area contributed by atoms with Gasteiger partial charge in [0.05, 0.1) is 12.1 Å². The van der Waals surface area contributed by atoms with Crippen LogP contribution in [0.1, 0.15) is 48.5 Å². The minimum atomic E-state index is -0.417. The standard InChI is InChI=1S/C17H21FN2O/c1-2-20(15-7-3-4-8-15)17(21)16-12-14(18)10-9-13(16)6-5-11-19/h9-10,12,15H,2-4,7-8,11,19H2,1H3. The number of nitrogens with two attached hydrogens (primary N) is 1. The molecule has 0 spiro atoms. The monoisotopic (exact) mass is 288 g/mol. The third-order valence-electron chi connectivity index (χ3n) is 3.90. The maximum Gasteiger partial charge on any atom is 0.255 e. The molecule has 0 radical (unpaired) electrons. The van der Waals surface area contributed by atoms with Crippen molar-refractivity contribution in [3.63, 3.8) is 0 Å². The van der Waals surface area contributed by atoms with Crippen molar-refractivity contribution >= 4 is 5.91 Å². The number of benzene rings is 1. The molecule has 0 atom stereocenters. The number of hydrogen-bond acceptors (Lipinski definition) is 2. The van der Waals surface area contributed by atoms with E-state index in [4.69, 9.17) is 5.73 Å². The molecule has 0 aromatic heterocycles. The summed E-state index contributed by atoms with van der Waals surface area (Å²) >= 11 is 0. The van der Waals surface area contributed by atoms with E-state index < -0.39 is 5.82 Å². The Morgan fingerprint density at radius 1 is 1.43 bits per heavy atom. The fourth-order valence-electron chi connectivity index (χ4n) is 2.89. The normalized spacial score (nSPS) is 14.6. The van der Waals surface area contributed by atoms with E-state index in [1.807, 2.05) is 11.8 Å². The Morgan fingerprint density at radius 3 is 2.76 bits per heavy atom. The molecular formula is C17H21FN2O. The van der Waals surface area contributed by atoms with E-state index >= 15 is 0 Å². The van der Waals surface area contributed by atoms with E-state index in [0.717, 1.165) is 25.7 Å². The van der Waals surface area contributed by atoms with Crippen LogP contribution >= 0.6 is 0 Å². The molecule has 0 aliphatic heterocycles. The molecule has 4 heteroatoms. The Kier molecular flexibility index (Phi) is 5.35. The maximum atomic E-state index is 13.5. The summed E-state index contributed by atoms with van der Waals surface area (Å²) in [6.07, 6.45) is 4.35. The van der Waals surface area contributed by atoms with Gasteiger partial charge in [0.1, 0.15) is 5.82 Å². The number of amides is 1. The summed E-state index contributed by atoms with van der Waals surface area (Å²) in [4.78, 5) is 14.6. The van der Waals surface area contributed by atoms with Crippen LogP contribution in [0.25, 0.3) is 0 Å². The second-order valence-electron chi connectivity index (χ2n) is 5.23. The summed E-state index contributed by atoms with van der Waals surface area (Å²) in [5, 5.41) is 0. The van der Waals surface area contributed by atoms with Crippen LogP contribution in [0.2, 0.25) is 0 Å². The van der Waals surface area contributed by atoms with Crippen LogP contribution in [0.5, 0.6) is 0 Å². The number of carbonyl (C=O) groups is 1. The molecule has 0 saturated heterocycles. The molecule has 21 heavy (non-hydrogen) atoms. The molecular weight excluding hydrogens is 267 g/mol. The average Bonchev–Trinajstić information content (AvgIpc) is 3.00. The SMILES string of the molecule is CCN(C(=O)c1cc(F)ccc1C#CCN)C1CCCC1. The summed E-state index contributed by atoms with van der Waals surface area (Å²) in [6, 6.07) is 4.42. The van der Waals surface area contributed by atoms with Crippen LogP contribution < -0.4 is 5.73 Å². The fraction of sp³-hybridized carbons (Fsp3) is 0.471. The quantitative estimate of drug-likeness (QED) is 0.869. The van der Waals surface area contributed by atoms with Crippen molar-refractivity contribution in [3.8, 4) is 11.8 Å². The molecule has 1 aromatic carbocycles. The van der Waals surface area contributed by atoms with E-state index in [2.05, 4.69) is 11.8 Å². The van der Waals surface area contributed by atoms with Gasteiger partial charge < -0.3 is 10.6 Å². The number of carbonyl (C=O) groups excluding carboxylic acids is 1. The van der Waals surface area contributed by atoms with Crippen molar-refractivity contribution in [3.05, 3.63) is 35.1 Å². The first-order valence-electron chi connectivity index (χ1n) is 7.46. The highest BCUT2D eigenvalue weighted by molar-refractivity contribution is 5.97. The predicted octanol–water partition coefficient (Wildman–Crippen LogP) is 2.54. The average molecular weight is 288 g/mol. The molecule has 1 aromatic rings. The van der Waals surface area contributed by atoms with E-state index in [1.54, 1.807) is 6.07 Å². The van der Waals surface area contributed by atoms with Gasteiger partial charge in [-0.15, -0.1) is 0 Å². The molecule has 2 rings (SSSR count). The molecule has 1 amide bonds. The van der Waals surface area contributed by atoms with Gasteiger partial charge >= 0.3 is 0 Å². The molecule has 1 fully saturated rings. The first kappa shape index (κ1) is 15.5. The van der Waals surface area contributed by atoms with Crippen molar-refractivity contribution in [1.29, 1.82) is 0 Å². The summed E-state index contributed by atoms with van der Waals surface area (Å²) in [5.41, 5.74) is 6.26. The van der Waals surface area contributed by atoms with Crippen molar-refractivity contribution < 1.29 is 9.18 Å². The highest BCUT2D eigenvalue weighted by Gasteiger charge is 2.27. The lowest BCUT2D eigenvalue weighted by Crippen LogP contribution is -2.39. The van der Waals surface area contributed by atoms with E-state index in [9.17, 15) is 9.18 Å². The third-order valence-corrected chi connectivity index (χ3v) is 3.90. The van der Waals surface area contributed by atoms with Crippen LogP contribution in [-0.2, 0) is 0 Å². The summed E-state index contributed by atoms with van der Waals surface area (Å²) < 4.78 is 13.5. The van der Waals surface area contributed by atoms with E-state index in [-0.39, 0.29) is 18.5 Å². The third kappa shape index (κ3) is 3.62. The van der Waals surface area contributed by atoms with Gasteiger partial charge in [0.15, 0.2) is 0 Å². The number of nitrogens with zero attached hydrogens (tertiary/aromatic N) is 1. The molecule has 0 heterocycles. The van der Waals surface area contributed by atoms with Gasteiger partial charge in [0.25, 0.3) is 5.91 Å². The first-order valence-corrected chi connectivity index (χ1v) is 7.46. The van der Waals surface area contributed by atoms with Crippen LogP contribution in [0, 0.1) is 17.7 Å². The highest BCUT2D eigenvalue weighted by Crippen LogP contribution is 2.25. The van der Waals surface area contributed by atoms with E-state index in [0.29, 0.717) is 17.7 Å². The van der Waals surface area contributed by atoms with Crippen molar-refractivity contribution in [1.82, 2.24) is 4.90 Å². The largest absolute Gasteiger partial charge is 0.336 e. The smallest absolute Gasteiger partial charge is 0.255 e. The predicted molar refractivity (Wildman–Crippen MR) is 81.3 cm³/mol. The van der Waals surface area contributed by atoms with Crippen LogP contribution in [0.15, 0.2) is 18.2 Å². The summed E-state index contributed by atoms with van der Waals surface area (Å²) in [5.74, 6) is 5.04. The van der Waals surface area contributed by atoms with Gasteiger partial charge in [-0.1, -0.05) is 24.7 Å². The summed E-state index contributed by atoms with van der Waals surface area (Å²) in [7, 11) is 0. The Morgan fingerprint density at radius 2 is 2.14 bits per heavy atom. The number of hydrogen-bond donors (Lipinski definition) is 1. The number of halogens is 1. The van der Waals surface area contributed by atoms with Gasteiger partial charge in [-0.2, -0.15) is 0 Å². The van der Waals surface area contributed by atoms with Gasteiger partial charge in [-0.05, 0) is 38.0 Å². The van der Waals surface area contributed by atoms with Crippen molar-refractivity contribution in [2.24, 2.45) is 5.73 Å². The molecule has 1 aliphatic rings. The molecule has 2 N–H and O–H groups in total. The highest BCUT2D eigenvalue weighted by atomic mass is 19.1. The fourth-order valence-corrected chi connectivity index (χ4v) is 2.89. The number of rotatable bonds is 3. The zero-order chi connectivity index (χ0) is 15.2. The molecule has 1 aliphatic carbocycles. The van der Waals surface area contributed by atoms with Gasteiger partial charge in [-0.3, -0.25) is 4.79 Å². The zero-order valence-corrected chi connectivity index (χ0v) is 12.4. The van der Waals surface area contributed by atoms with Crippen LogP contribution in [0.4, 0.5) is 4.39 Å². The van der Waals surface area contributed by atoms with Gasteiger partial charge in [-0.25, -0.2) is 4.39 Å². The maximum absolute atomic E-state index is 13.5. The molecule has 3 nitrogen and oxygen atoms in total. The Hall–Kier alpha value is -1.86. The minimum absolute atomic E-state index is 0.134. The lowest BCUT2D eigenvalue weighted by atomic mass is 10.0. The lowest BCUT2D eigenvalue weighted by Gasteiger charge is -2.28. The Balaban J connectivity index is 2.33. The second-order valence-corrected chi connectivity index (χ2v) is 5.23. The van der Waals surface area contributed by atoms with Crippen LogP contribution in [-0.4, -0.2) is 29.9 Å². The molecule has 112 valence electrons. The molecule has 1 saturated carbocycles. The first-order chi connectivity index (χ1) is 10.2.